The highest BCUT2D eigenvalue weighted by Crippen LogP contribution is 2.43. The van der Waals surface area contributed by atoms with E-state index in [1.807, 2.05) is 30.5 Å². The normalized spacial score (nSPS) is 21.2. The molecule has 0 aromatic carbocycles. The van der Waals surface area contributed by atoms with E-state index in [1.165, 1.54) is 0 Å². The lowest BCUT2D eigenvalue weighted by Gasteiger charge is -2.39. The van der Waals surface area contributed by atoms with E-state index in [-0.39, 0.29) is 11.8 Å². The maximum Gasteiger partial charge on any atom is 0.205 e. The van der Waals surface area contributed by atoms with Gasteiger partial charge in [0.25, 0.3) is 0 Å². The molecular formula is C23H23N5O. The lowest BCUT2D eigenvalue weighted by molar-refractivity contribution is 0.208. The Morgan fingerprint density at radius 3 is 2.59 bits per heavy atom. The van der Waals surface area contributed by atoms with Crippen LogP contribution in [0.5, 0.6) is 0 Å². The number of nitriles is 1. The summed E-state index contributed by atoms with van der Waals surface area (Å²) in [6.07, 6.45) is 9.19. The van der Waals surface area contributed by atoms with Crippen LogP contribution >= 0.6 is 0 Å². The Hall–Kier alpha value is -3.43. The summed E-state index contributed by atoms with van der Waals surface area (Å²) >= 11 is 0. The maximum absolute atomic E-state index is 9.81. The number of rotatable bonds is 3. The number of hydrogen-bond donors (Lipinski definition) is 1. The quantitative estimate of drug-likeness (QED) is 0.872. The van der Waals surface area contributed by atoms with Gasteiger partial charge in [-0.05, 0) is 48.8 Å². The fourth-order valence-corrected chi connectivity index (χ4v) is 3.85. The topological polar surface area (TPSA) is 88.1 Å². The molecule has 0 aliphatic carbocycles. The van der Waals surface area contributed by atoms with Crippen LogP contribution in [0.25, 0.3) is 6.08 Å². The Bertz CT molecular complexity index is 1030. The van der Waals surface area contributed by atoms with Gasteiger partial charge in [0.2, 0.25) is 5.88 Å². The van der Waals surface area contributed by atoms with E-state index in [0.717, 1.165) is 34.6 Å². The van der Waals surface area contributed by atoms with E-state index in [2.05, 4.69) is 40.9 Å². The van der Waals surface area contributed by atoms with Gasteiger partial charge in [0.05, 0.1) is 5.92 Å². The van der Waals surface area contributed by atoms with E-state index >= 15 is 0 Å². The SMILES string of the molecule is CC(C)N1CC2=C(OC(N)=C(C#N)C2c2cccnc2)/C(=C\c2cccnc2)C1. The van der Waals surface area contributed by atoms with Crippen LogP contribution in [0.15, 0.2) is 77.4 Å². The van der Waals surface area contributed by atoms with E-state index in [9.17, 15) is 5.26 Å². The summed E-state index contributed by atoms with van der Waals surface area (Å²) in [5.41, 5.74) is 10.6. The van der Waals surface area contributed by atoms with Crippen molar-refractivity contribution in [2.24, 2.45) is 5.73 Å². The van der Waals surface area contributed by atoms with Crippen LogP contribution in [-0.2, 0) is 4.74 Å². The highest BCUT2D eigenvalue weighted by atomic mass is 16.5. The zero-order chi connectivity index (χ0) is 20.4. The number of pyridine rings is 2. The Labute approximate surface area is 170 Å². The van der Waals surface area contributed by atoms with E-state index in [0.29, 0.717) is 18.2 Å². The first-order valence-corrected chi connectivity index (χ1v) is 9.64. The van der Waals surface area contributed by atoms with Crippen molar-refractivity contribution in [3.05, 3.63) is 88.5 Å². The molecule has 0 bridgehead atoms. The number of nitrogens with zero attached hydrogens (tertiary/aromatic N) is 4. The lowest BCUT2D eigenvalue weighted by atomic mass is 9.80. The number of aromatic nitrogens is 2. The van der Waals surface area contributed by atoms with Gasteiger partial charge in [-0.25, -0.2) is 0 Å². The van der Waals surface area contributed by atoms with Crippen LogP contribution < -0.4 is 5.73 Å². The molecule has 2 aliphatic rings. The summed E-state index contributed by atoms with van der Waals surface area (Å²) in [5.74, 6) is 0.655. The van der Waals surface area contributed by atoms with Crippen molar-refractivity contribution >= 4 is 6.08 Å². The smallest absolute Gasteiger partial charge is 0.205 e. The van der Waals surface area contributed by atoms with Gasteiger partial charge in [-0.3, -0.25) is 14.9 Å². The largest absolute Gasteiger partial charge is 0.440 e. The first-order valence-electron chi connectivity index (χ1n) is 9.64. The molecule has 0 saturated carbocycles. The molecule has 0 radical (unpaired) electrons. The average Bonchev–Trinajstić information content (AvgIpc) is 2.74. The second-order valence-corrected chi connectivity index (χ2v) is 7.52. The maximum atomic E-state index is 9.81. The molecule has 0 saturated heterocycles. The zero-order valence-corrected chi connectivity index (χ0v) is 16.5. The van der Waals surface area contributed by atoms with Crippen molar-refractivity contribution in [1.82, 2.24) is 14.9 Å². The van der Waals surface area contributed by atoms with Crippen LogP contribution in [0.4, 0.5) is 0 Å². The third-order valence-corrected chi connectivity index (χ3v) is 5.34. The van der Waals surface area contributed by atoms with Gasteiger partial charge in [0, 0.05) is 49.5 Å². The fourth-order valence-electron chi connectivity index (χ4n) is 3.85. The summed E-state index contributed by atoms with van der Waals surface area (Å²) in [6.45, 7) is 5.78. The first kappa shape index (κ1) is 18.9. The second kappa shape index (κ2) is 7.90. The van der Waals surface area contributed by atoms with Crippen molar-refractivity contribution in [3.63, 3.8) is 0 Å². The van der Waals surface area contributed by atoms with E-state index in [4.69, 9.17) is 10.5 Å². The Kier molecular flexibility index (Phi) is 5.15. The third-order valence-electron chi connectivity index (χ3n) is 5.34. The fraction of sp³-hybridized carbons (Fsp3) is 0.261. The molecule has 4 heterocycles. The van der Waals surface area contributed by atoms with Crippen molar-refractivity contribution in [1.29, 1.82) is 5.26 Å². The summed E-state index contributed by atoms with van der Waals surface area (Å²) < 4.78 is 6.04. The van der Waals surface area contributed by atoms with Crippen molar-refractivity contribution < 1.29 is 4.74 Å². The van der Waals surface area contributed by atoms with E-state index in [1.54, 1.807) is 18.6 Å². The number of hydrogen-bond acceptors (Lipinski definition) is 6. The molecule has 146 valence electrons. The predicted octanol–water partition coefficient (Wildman–Crippen LogP) is 3.35. The average molecular weight is 385 g/mol. The molecule has 6 nitrogen and oxygen atoms in total. The summed E-state index contributed by atoms with van der Waals surface area (Å²) in [5, 5.41) is 9.81. The molecule has 1 atom stereocenters. The van der Waals surface area contributed by atoms with Crippen LogP contribution in [0.1, 0.15) is 30.9 Å². The molecule has 2 aromatic rings. The lowest BCUT2D eigenvalue weighted by Crippen LogP contribution is -2.41. The minimum absolute atomic E-state index is 0.162. The Balaban J connectivity index is 1.89. The minimum atomic E-state index is -0.267. The molecule has 4 rings (SSSR count). The summed E-state index contributed by atoms with van der Waals surface area (Å²) in [7, 11) is 0. The number of ether oxygens (including phenoxy) is 1. The Morgan fingerprint density at radius 2 is 1.97 bits per heavy atom. The van der Waals surface area contributed by atoms with Crippen LogP contribution in [0.3, 0.4) is 0 Å². The van der Waals surface area contributed by atoms with E-state index < -0.39 is 0 Å². The molecular weight excluding hydrogens is 362 g/mol. The second-order valence-electron chi connectivity index (χ2n) is 7.52. The number of allylic oxidation sites excluding steroid dienone is 1. The molecule has 0 fully saturated rings. The van der Waals surface area contributed by atoms with Gasteiger partial charge >= 0.3 is 0 Å². The monoisotopic (exact) mass is 385 g/mol. The van der Waals surface area contributed by atoms with Gasteiger partial charge in [0.15, 0.2) is 0 Å². The van der Waals surface area contributed by atoms with Crippen molar-refractivity contribution in [2.45, 2.75) is 25.8 Å². The molecule has 0 spiro atoms. The first-order chi connectivity index (χ1) is 14.1. The third kappa shape index (κ3) is 3.65. The van der Waals surface area contributed by atoms with Crippen LogP contribution in [0, 0.1) is 11.3 Å². The van der Waals surface area contributed by atoms with Crippen LogP contribution in [0.2, 0.25) is 0 Å². The van der Waals surface area contributed by atoms with Crippen molar-refractivity contribution in [3.8, 4) is 6.07 Å². The number of nitrogens with two attached hydrogens (primary N) is 1. The molecule has 0 amide bonds. The van der Waals surface area contributed by atoms with Gasteiger partial charge in [0.1, 0.15) is 17.4 Å². The predicted molar refractivity (Wildman–Crippen MR) is 111 cm³/mol. The molecule has 29 heavy (non-hydrogen) atoms. The standard InChI is InChI=1S/C23H23N5O/c1-15(2)28-13-18(9-16-5-3-7-26-11-16)22-20(14-28)21(17-6-4-8-27-12-17)19(10-24)23(25)29-22/h3-9,11-12,15,21H,13-14,25H2,1-2H3/b18-9-. The molecule has 2 aliphatic heterocycles. The molecule has 6 heteroatoms. The van der Waals surface area contributed by atoms with Gasteiger partial charge in [-0.2, -0.15) is 5.26 Å². The Morgan fingerprint density at radius 1 is 1.21 bits per heavy atom. The molecule has 1 unspecified atom stereocenters. The van der Waals surface area contributed by atoms with Crippen LogP contribution in [-0.4, -0.2) is 34.0 Å². The highest BCUT2D eigenvalue weighted by molar-refractivity contribution is 5.62. The van der Waals surface area contributed by atoms with Crippen molar-refractivity contribution in [2.75, 3.05) is 13.1 Å². The minimum Gasteiger partial charge on any atom is -0.440 e. The molecule has 2 aromatic heterocycles. The van der Waals surface area contributed by atoms with Gasteiger partial charge in [-0.15, -0.1) is 0 Å². The molecule has 2 N–H and O–H groups in total. The highest BCUT2D eigenvalue weighted by Gasteiger charge is 2.38. The summed E-state index contributed by atoms with van der Waals surface area (Å²) in [4.78, 5) is 10.8. The zero-order valence-electron chi connectivity index (χ0n) is 16.5. The van der Waals surface area contributed by atoms with Gasteiger partial charge < -0.3 is 10.5 Å². The summed E-state index contributed by atoms with van der Waals surface area (Å²) in [6, 6.07) is 10.4. The van der Waals surface area contributed by atoms with Gasteiger partial charge in [-0.1, -0.05) is 12.1 Å².